The highest BCUT2D eigenvalue weighted by molar-refractivity contribution is 6.09. The van der Waals surface area contributed by atoms with E-state index in [4.69, 9.17) is 0 Å². The minimum Gasteiger partial charge on any atom is -0.333 e. The van der Waals surface area contributed by atoms with E-state index in [9.17, 15) is 40.7 Å². The molecule has 0 aliphatic carbocycles. The van der Waals surface area contributed by atoms with E-state index in [1.54, 1.807) is 49.4 Å². The molecule has 3 aromatic heterocycles. The van der Waals surface area contributed by atoms with Gasteiger partial charge in [-0.1, -0.05) is 37.3 Å². The zero-order valence-electron chi connectivity index (χ0n) is 25.1. The third-order valence-electron chi connectivity index (χ3n) is 7.88. The van der Waals surface area contributed by atoms with E-state index in [0.29, 0.717) is 23.3 Å². The fourth-order valence-corrected chi connectivity index (χ4v) is 5.81. The highest BCUT2D eigenvalue weighted by Gasteiger charge is 2.38. The number of fused-ring (bicyclic) bond motifs is 2. The molecule has 5 aromatic rings. The number of halogens is 6. The first-order valence-corrected chi connectivity index (χ1v) is 14.6. The van der Waals surface area contributed by atoms with Gasteiger partial charge in [-0.05, 0) is 59.5 Å². The van der Waals surface area contributed by atoms with Gasteiger partial charge in [-0.2, -0.15) is 26.3 Å². The van der Waals surface area contributed by atoms with Crippen LogP contribution in [0.5, 0.6) is 0 Å². The van der Waals surface area contributed by atoms with E-state index in [1.807, 2.05) is 0 Å². The fraction of sp³-hybridized carbons (Fsp3) is 0.206. The molecular formula is C34H25F6N5O3. The molecule has 48 heavy (non-hydrogen) atoms. The Bertz CT molecular complexity index is 2070. The van der Waals surface area contributed by atoms with Gasteiger partial charge in [0.2, 0.25) is 0 Å². The summed E-state index contributed by atoms with van der Waals surface area (Å²) in [4.78, 5) is 50.7. The smallest absolute Gasteiger partial charge is 0.333 e. The van der Waals surface area contributed by atoms with Crippen molar-refractivity contribution in [1.82, 2.24) is 19.4 Å². The number of hydrogen-bond acceptors (Lipinski definition) is 5. The lowest BCUT2D eigenvalue weighted by Gasteiger charge is -2.25. The molecule has 0 bridgehead atoms. The zero-order chi connectivity index (χ0) is 34.4. The molecular weight excluding hydrogens is 640 g/mol. The van der Waals surface area contributed by atoms with Crippen LogP contribution < -0.4 is 10.9 Å². The van der Waals surface area contributed by atoms with Crippen LogP contribution in [0.3, 0.4) is 0 Å². The third kappa shape index (κ3) is 6.37. The summed E-state index contributed by atoms with van der Waals surface area (Å²) in [6.45, 7) is 1.06. The largest absolute Gasteiger partial charge is 0.416 e. The Labute approximate surface area is 268 Å². The van der Waals surface area contributed by atoms with E-state index < -0.39 is 53.3 Å². The van der Waals surface area contributed by atoms with E-state index in [2.05, 4.69) is 15.3 Å². The Morgan fingerprint density at radius 1 is 0.896 bits per heavy atom. The topological polar surface area (TPSA) is 97.2 Å². The van der Waals surface area contributed by atoms with Gasteiger partial charge in [0.15, 0.2) is 0 Å². The fourth-order valence-electron chi connectivity index (χ4n) is 5.81. The first-order valence-electron chi connectivity index (χ1n) is 14.6. The van der Waals surface area contributed by atoms with Crippen LogP contribution in [0.15, 0.2) is 90.0 Å². The number of pyridine rings is 3. The molecule has 6 rings (SSSR count). The number of nitrogens with one attached hydrogen (secondary N) is 1. The van der Waals surface area contributed by atoms with Crippen molar-refractivity contribution in [1.29, 1.82) is 0 Å². The minimum atomic E-state index is -5.06. The zero-order valence-corrected chi connectivity index (χ0v) is 25.1. The number of hydrogen-bond donors (Lipinski definition) is 1. The van der Waals surface area contributed by atoms with Crippen LogP contribution in [0, 0.1) is 5.92 Å². The Morgan fingerprint density at radius 2 is 1.58 bits per heavy atom. The van der Waals surface area contributed by atoms with Crippen molar-refractivity contribution in [2.24, 2.45) is 5.92 Å². The van der Waals surface area contributed by atoms with Gasteiger partial charge in [-0.25, -0.2) is 4.98 Å². The number of amides is 2. The van der Waals surface area contributed by atoms with E-state index >= 15 is 0 Å². The number of nitrogens with zero attached hydrogens (tertiary/aromatic N) is 4. The predicted octanol–water partition coefficient (Wildman–Crippen LogP) is 7.04. The summed E-state index contributed by atoms with van der Waals surface area (Å²) in [5.41, 5.74) is -3.08. The van der Waals surface area contributed by atoms with Crippen LogP contribution in [0.1, 0.15) is 44.5 Å². The maximum atomic E-state index is 14.3. The quantitative estimate of drug-likeness (QED) is 0.203. The molecule has 0 unspecified atom stereocenters. The minimum absolute atomic E-state index is 0.00345. The first kappa shape index (κ1) is 32.4. The summed E-state index contributed by atoms with van der Waals surface area (Å²) in [6.07, 6.45) is -7.25. The van der Waals surface area contributed by atoms with Crippen LogP contribution in [-0.2, 0) is 25.4 Å². The number of benzene rings is 2. The van der Waals surface area contributed by atoms with Crippen molar-refractivity contribution in [2.45, 2.75) is 32.4 Å². The molecule has 0 spiro atoms. The highest BCUT2D eigenvalue weighted by atomic mass is 19.4. The number of anilines is 1. The summed E-state index contributed by atoms with van der Waals surface area (Å²) < 4.78 is 82.9. The van der Waals surface area contributed by atoms with Crippen molar-refractivity contribution in [3.05, 3.63) is 123 Å². The number of aromatic nitrogens is 3. The number of carbonyl (C=O) groups is 2. The Hall–Kier alpha value is -5.53. The molecule has 2 amide bonds. The van der Waals surface area contributed by atoms with Crippen molar-refractivity contribution < 1.29 is 35.9 Å². The van der Waals surface area contributed by atoms with Gasteiger partial charge in [0.1, 0.15) is 17.0 Å². The van der Waals surface area contributed by atoms with Gasteiger partial charge in [0.25, 0.3) is 17.4 Å². The lowest BCUT2D eigenvalue weighted by atomic mass is 9.97. The molecule has 1 aliphatic heterocycles. The molecule has 1 atom stereocenters. The Kier molecular flexibility index (Phi) is 8.27. The average Bonchev–Trinajstić information content (AvgIpc) is 3.16. The van der Waals surface area contributed by atoms with E-state index in [1.165, 1.54) is 29.1 Å². The number of carbonyl (C=O) groups excluding carboxylic acids is 2. The maximum absolute atomic E-state index is 14.3. The lowest BCUT2D eigenvalue weighted by molar-refractivity contribution is -0.143. The second-order valence-electron chi connectivity index (χ2n) is 11.5. The third-order valence-corrected chi connectivity index (χ3v) is 7.88. The van der Waals surface area contributed by atoms with Crippen LogP contribution in [0.2, 0.25) is 0 Å². The summed E-state index contributed by atoms with van der Waals surface area (Å²) >= 11 is 0. The molecule has 14 heteroatoms. The normalized spacial score (nSPS) is 15.3. The molecule has 0 saturated heterocycles. The van der Waals surface area contributed by atoms with Crippen LogP contribution in [-0.4, -0.2) is 37.8 Å². The number of alkyl halides is 6. The molecule has 1 aliphatic rings. The van der Waals surface area contributed by atoms with Gasteiger partial charge < -0.3 is 14.8 Å². The van der Waals surface area contributed by atoms with E-state index in [-0.39, 0.29) is 52.7 Å². The summed E-state index contributed by atoms with van der Waals surface area (Å²) in [5, 5.41) is 2.90. The lowest BCUT2D eigenvalue weighted by Crippen LogP contribution is -2.34. The second kappa shape index (κ2) is 12.2. The Morgan fingerprint density at radius 3 is 2.21 bits per heavy atom. The standard InChI is InChI=1S/C34H25F6N5O3/c1-19-16-44(18-20-12-23(33(35,36)37)14-24(13-20)34(38,39)40)32(48)29-27(21-6-3-2-4-7-21)25-9-10-26(42-28(25)31(47)45(29)17-19)43-30(46)22-8-5-11-41-15-22/h2-15,19H,16-18H2,1H3,(H,42,43,46)/t19-/m0/s1. The molecule has 246 valence electrons. The summed E-state index contributed by atoms with van der Waals surface area (Å²) in [7, 11) is 0. The van der Waals surface area contributed by atoms with Gasteiger partial charge in [0, 0.05) is 43.0 Å². The van der Waals surface area contributed by atoms with Gasteiger partial charge in [0.05, 0.1) is 16.7 Å². The van der Waals surface area contributed by atoms with Crippen LogP contribution in [0.25, 0.3) is 22.0 Å². The highest BCUT2D eigenvalue weighted by Crippen LogP contribution is 2.38. The average molecular weight is 666 g/mol. The maximum Gasteiger partial charge on any atom is 0.416 e. The van der Waals surface area contributed by atoms with Crippen LogP contribution in [0.4, 0.5) is 32.2 Å². The summed E-state index contributed by atoms with van der Waals surface area (Å²) in [5.74, 6) is -1.66. The molecule has 0 fully saturated rings. The summed E-state index contributed by atoms with van der Waals surface area (Å²) in [6, 6.07) is 15.9. The Balaban J connectivity index is 1.49. The molecule has 0 radical (unpaired) electrons. The SMILES string of the molecule is C[C@H]1CN(Cc2cc(C(F)(F)F)cc(C(F)(F)F)c2)C(=O)c2c(-c3ccccc3)c3ccc(NC(=O)c4cccnc4)nc3c(=O)n2C1. The molecule has 1 N–H and O–H groups in total. The molecule has 4 heterocycles. The molecule has 0 saturated carbocycles. The predicted molar refractivity (Wildman–Crippen MR) is 164 cm³/mol. The van der Waals surface area contributed by atoms with Gasteiger partial charge >= 0.3 is 12.4 Å². The molecule has 8 nitrogen and oxygen atoms in total. The molecule has 2 aromatic carbocycles. The van der Waals surface area contributed by atoms with Gasteiger partial charge in [-0.15, -0.1) is 0 Å². The van der Waals surface area contributed by atoms with E-state index in [0.717, 1.165) is 4.90 Å². The van der Waals surface area contributed by atoms with Crippen molar-refractivity contribution in [2.75, 3.05) is 11.9 Å². The van der Waals surface area contributed by atoms with Gasteiger partial charge in [-0.3, -0.25) is 19.4 Å². The first-order chi connectivity index (χ1) is 22.7. The van der Waals surface area contributed by atoms with Crippen molar-refractivity contribution in [3.8, 4) is 11.1 Å². The van der Waals surface area contributed by atoms with Crippen molar-refractivity contribution in [3.63, 3.8) is 0 Å². The van der Waals surface area contributed by atoms with Crippen LogP contribution >= 0.6 is 0 Å². The second-order valence-corrected chi connectivity index (χ2v) is 11.5. The number of rotatable bonds is 5. The van der Waals surface area contributed by atoms with Crippen molar-refractivity contribution >= 4 is 28.5 Å². The monoisotopic (exact) mass is 665 g/mol.